The minimum Gasteiger partial charge on any atom is -0.479 e. The SMILES string of the molecule is Cc1csc(C(C(=O)O)N(C(=O)OCC2c3ccccc3-c3ccccc32)C(C)C)n1. The van der Waals surface area contributed by atoms with Crippen LogP contribution in [-0.4, -0.2) is 39.7 Å². The molecule has 1 amide bonds. The van der Waals surface area contributed by atoms with E-state index in [2.05, 4.69) is 17.1 Å². The molecule has 160 valence electrons. The van der Waals surface area contributed by atoms with E-state index >= 15 is 0 Å². The first-order chi connectivity index (χ1) is 14.9. The van der Waals surface area contributed by atoms with E-state index in [0.717, 1.165) is 27.9 Å². The molecular weight excluding hydrogens is 412 g/mol. The van der Waals surface area contributed by atoms with E-state index in [0.29, 0.717) is 5.01 Å². The molecule has 0 spiro atoms. The second-order valence-corrected chi connectivity index (χ2v) is 8.76. The number of aromatic nitrogens is 1. The maximum absolute atomic E-state index is 13.1. The fourth-order valence-corrected chi connectivity index (χ4v) is 5.01. The van der Waals surface area contributed by atoms with Gasteiger partial charge in [-0.2, -0.15) is 0 Å². The van der Waals surface area contributed by atoms with Gasteiger partial charge in [0.25, 0.3) is 0 Å². The van der Waals surface area contributed by atoms with Gasteiger partial charge in [-0.3, -0.25) is 4.90 Å². The number of carbonyl (C=O) groups excluding carboxylic acids is 1. The highest BCUT2D eigenvalue weighted by Gasteiger charge is 2.37. The van der Waals surface area contributed by atoms with Crippen LogP contribution >= 0.6 is 11.3 Å². The van der Waals surface area contributed by atoms with Crippen LogP contribution in [0.3, 0.4) is 0 Å². The number of aryl methyl sites for hydroxylation is 1. The summed E-state index contributed by atoms with van der Waals surface area (Å²) in [6.07, 6.45) is -0.655. The van der Waals surface area contributed by atoms with Crippen molar-refractivity contribution in [3.8, 4) is 11.1 Å². The van der Waals surface area contributed by atoms with Gasteiger partial charge in [0, 0.05) is 23.0 Å². The van der Waals surface area contributed by atoms with Gasteiger partial charge in [-0.25, -0.2) is 14.6 Å². The summed E-state index contributed by atoms with van der Waals surface area (Å²) in [5.41, 5.74) is 5.22. The number of hydrogen-bond acceptors (Lipinski definition) is 5. The van der Waals surface area contributed by atoms with Crippen molar-refractivity contribution in [2.45, 2.75) is 38.8 Å². The molecule has 4 rings (SSSR count). The molecule has 1 atom stereocenters. The van der Waals surface area contributed by atoms with Gasteiger partial charge in [0.15, 0.2) is 6.04 Å². The van der Waals surface area contributed by atoms with Gasteiger partial charge in [0.05, 0.1) is 0 Å². The van der Waals surface area contributed by atoms with Gasteiger partial charge in [0.1, 0.15) is 11.6 Å². The third-order valence-corrected chi connectivity index (χ3v) is 6.50. The highest BCUT2D eigenvalue weighted by Crippen LogP contribution is 2.44. The predicted molar refractivity (Wildman–Crippen MR) is 119 cm³/mol. The van der Waals surface area contributed by atoms with E-state index in [9.17, 15) is 14.7 Å². The number of amides is 1. The molecule has 1 unspecified atom stereocenters. The highest BCUT2D eigenvalue weighted by atomic mass is 32.1. The number of carboxylic acids is 1. The van der Waals surface area contributed by atoms with Crippen LogP contribution < -0.4 is 0 Å². The number of thiazole rings is 1. The normalized spacial score (nSPS) is 13.5. The molecule has 31 heavy (non-hydrogen) atoms. The molecule has 7 heteroatoms. The van der Waals surface area contributed by atoms with Crippen molar-refractivity contribution in [1.29, 1.82) is 0 Å². The Hall–Kier alpha value is -3.19. The Morgan fingerprint density at radius 1 is 1.10 bits per heavy atom. The van der Waals surface area contributed by atoms with Gasteiger partial charge in [-0.05, 0) is 43.0 Å². The van der Waals surface area contributed by atoms with Crippen molar-refractivity contribution in [3.05, 3.63) is 75.7 Å². The summed E-state index contributed by atoms with van der Waals surface area (Å²) < 4.78 is 5.72. The summed E-state index contributed by atoms with van der Waals surface area (Å²) in [5.74, 6) is -1.22. The molecule has 0 saturated heterocycles. The van der Waals surface area contributed by atoms with Crippen LogP contribution in [-0.2, 0) is 9.53 Å². The number of benzene rings is 2. The molecule has 0 aliphatic heterocycles. The Kier molecular flexibility index (Phi) is 5.78. The summed E-state index contributed by atoms with van der Waals surface area (Å²) in [5, 5.41) is 12.0. The Morgan fingerprint density at radius 2 is 1.68 bits per heavy atom. The van der Waals surface area contributed by atoms with Gasteiger partial charge in [-0.1, -0.05) is 48.5 Å². The number of carbonyl (C=O) groups is 2. The van der Waals surface area contributed by atoms with E-state index in [1.54, 1.807) is 26.2 Å². The summed E-state index contributed by atoms with van der Waals surface area (Å²) >= 11 is 1.23. The molecule has 0 saturated carbocycles. The maximum atomic E-state index is 13.1. The summed E-state index contributed by atoms with van der Waals surface area (Å²) in [6, 6.07) is 14.6. The zero-order valence-corrected chi connectivity index (χ0v) is 18.4. The van der Waals surface area contributed by atoms with Crippen molar-refractivity contribution in [3.63, 3.8) is 0 Å². The van der Waals surface area contributed by atoms with Crippen molar-refractivity contribution < 1.29 is 19.4 Å². The fourth-order valence-electron chi connectivity index (χ4n) is 4.12. The van der Waals surface area contributed by atoms with Crippen LogP contribution in [0.25, 0.3) is 11.1 Å². The largest absolute Gasteiger partial charge is 0.479 e. The highest BCUT2D eigenvalue weighted by molar-refractivity contribution is 7.09. The molecule has 0 fully saturated rings. The lowest BCUT2D eigenvalue weighted by Crippen LogP contribution is -2.44. The van der Waals surface area contributed by atoms with Crippen LogP contribution in [0.1, 0.15) is 47.6 Å². The molecule has 3 aromatic rings. The molecule has 1 aromatic heterocycles. The fraction of sp³-hybridized carbons (Fsp3) is 0.292. The van der Waals surface area contributed by atoms with E-state index in [4.69, 9.17) is 4.74 Å². The van der Waals surface area contributed by atoms with E-state index in [1.165, 1.54) is 16.2 Å². The number of rotatable bonds is 6. The third kappa shape index (κ3) is 3.93. The lowest BCUT2D eigenvalue weighted by molar-refractivity contribution is -0.143. The molecule has 1 heterocycles. The Bertz CT molecular complexity index is 1080. The van der Waals surface area contributed by atoms with E-state index < -0.39 is 18.1 Å². The zero-order chi connectivity index (χ0) is 22.1. The quantitative estimate of drug-likeness (QED) is 0.572. The first-order valence-electron chi connectivity index (χ1n) is 10.2. The molecule has 1 aliphatic carbocycles. The number of carboxylic acid groups (broad SMARTS) is 1. The third-order valence-electron chi connectivity index (χ3n) is 5.49. The molecule has 0 bridgehead atoms. The van der Waals surface area contributed by atoms with Gasteiger partial charge in [-0.15, -0.1) is 11.3 Å². The molecule has 0 radical (unpaired) electrons. The van der Waals surface area contributed by atoms with Crippen LogP contribution in [0.4, 0.5) is 4.79 Å². The second-order valence-electron chi connectivity index (χ2n) is 7.87. The molecule has 6 nitrogen and oxygen atoms in total. The minimum atomic E-state index is -1.19. The lowest BCUT2D eigenvalue weighted by atomic mass is 9.98. The summed E-state index contributed by atoms with van der Waals surface area (Å²) in [4.78, 5) is 30.7. The van der Waals surface area contributed by atoms with Crippen molar-refractivity contribution in [2.24, 2.45) is 0 Å². The van der Waals surface area contributed by atoms with Gasteiger partial charge in [0.2, 0.25) is 0 Å². The lowest BCUT2D eigenvalue weighted by Gasteiger charge is -2.31. The number of hydrogen-bond donors (Lipinski definition) is 1. The Morgan fingerprint density at radius 3 is 2.16 bits per heavy atom. The Labute approximate surface area is 185 Å². The average molecular weight is 437 g/mol. The number of fused-ring (bicyclic) bond motifs is 3. The van der Waals surface area contributed by atoms with Crippen LogP contribution in [0, 0.1) is 6.92 Å². The molecule has 2 aromatic carbocycles. The Balaban J connectivity index is 1.59. The monoisotopic (exact) mass is 436 g/mol. The van der Waals surface area contributed by atoms with Gasteiger partial charge < -0.3 is 9.84 Å². The number of nitrogens with zero attached hydrogens (tertiary/aromatic N) is 2. The van der Waals surface area contributed by atoms with Gasteiger partial charge >= 0.3 is 12.1 Å². The first kappa shape index (κ1) is 21.1. The van der Waals surface area contributed by atoms with Crippen LogP contribution in [0.2, 0.25) is 0 Å². The molecular formula is C24H24N2O4S. The zero-order valence-electron chi connectivity index (χ0n) is 17.6. The molecule has 1 aliphatic rings. The topological polar surface area (TPSA) is 79.7 Å². The van der Waals surface area contributed by atoms with E-state index in [-0.39, 0.29) is 18.6 Å². The number of aliphatic carboxylic acids is 1. The van der Waals surface area contributed by atoms with Crippen molar-refractivity contribution in [2.75, 3.05) is 6.61 Å². The van der Waals surface area contributed by atoms with E-state index in [1.807, 2.05) is 36.4 Å². The maximum Gasteiger partial charge on any atom is 0.411 e. The second kappa shape index (κ2) is 8.51. The average Bonchev–Trinajstić information content (AvgIpc) is 3.31. The smallest absolute Gasteiger partial charge is 0.411 e. The molecule has 1 N–H and O–H groups in total. The first-order valence-corrected chi connectivity index (χ1v) is 11.0. The summed E-state index contributed by atoms with van der Waals surface area (Å²) in [6.45, 7) is 5.49. The standard InChI is InChI=1S/C24H24N2O4S/c1-14(2)26(21(23(27)28)22-25-15(3)13-31-22)24(29)30-12-20-18-10-6-4-8-16(18)17-9-5-7-11-19(17)20/h4-11,13-14,20-21H,12H2,1-3H3,(H,27,28). The van der Waals surface area contributed by atoms with Crippen molar-refractivity contribution >= 4 is 23.4 Å². The minimum absolute atomic E-state index is 0.0873. The van der Waals surface area contributed by atoms with Crippen LogP contribution in [0.5, 0.6) is 0 Å². The van der Waals surface area contributed by atoms with Crippen molar-refractivity contribution in [1.82, 2.24) is 9.88 Å². The number of ether oxygens (including phenoxy) is 1. The van der Waals surface area contributed by atoms with Crippen LogP contribution in [0.15, 0.2) is 53.9 Å². The predicted octanol–water partition coefficient (Wildman–Crippen LogP) is 5.24. The summed E-state index contributed by atoms with van der Waals surface area (Å²) in [7, 11) is 0.